The number of hydrogen-bond donors (Lipinski definition) is 1. The van der Waals surface area contributed by atoms with Crippen LogP contribution in [0.15, 0.2) is 16.8 Å². The van der Waals surface area contributed by atoms with Crippen molar-refractivity contribution in [1.29, 1.82) is 0 Å². The average molecular weight is 305 g/mol. The second-order valence-electron chi connectivity index (χ2n) is 5.68. The van der Waals surface area contributed by atoms with E-state index in [1.807, 2.05) is 16.8 Å². The molecule has 21 heavy (non-hydrogen) atoms. The van der Waals surface area contributed by atoms with Gasteiger partial charge in [0.2, 0.25) is 11.7 Å². The van der Waals surface area contributed by atoms with Crippen LogP contribution >= 0.6 is 11.3 Å². The van der Waals surface area contributed by atoms with E-state index in [0.29, 0.717) is 11.9 Å². The van der Waals surface area contributed by atoms with Crippen molar-refractivity contribution >= 4 is 17.2 Å². The number of carbonyl (C=O) groups excluding carboxylic acids is 1. The first kappa shape index (κ1) is 14.2. The van der Waals surface area contributed by atoms with E-state index in [1.54, 1.807) is 11.3 Å². The summed E-state index contributed by atoms with van der Waals surface area (Å²) in [6.07, 6.45) is 4.51. The molecule has 7 heteroatoms. The molecule has 0 spiro atoms. The average Bonchev–Trinajstić information content (AvgIpc) is 3.12. The molecule has 0 bridgehead atoms. The van der Waals surface area contributed by atoms with Gasteiger partial charge in [0.05, 0.1) is 0 Å². The second-order valence-corrected chi connectivity index (χ2v) is 6.46. The highest BCUT2D eigenvalue weighted by molar-refractivity contribution is 7.08. The Bertz CT molecular complexity index is 586. The lowest BCUT2D eigenvalue weighted by molar-refractivity contribution is -0.123. The van der Waals surface area contributed by atoms with Gasteiger partial charge in [-0.2, -0.15) is 16.1 Å². The summed E-state index contributed by atoms with van der Waals surface area (Å²) in [6.45, 7) is 2.40. The highest BCUT2D eigenvalue weighted by Crippen LogP contribution is 2.23. The quantitative estimate of drug-likeness (QED) is 0.939. The maximum Gasteiger partial charge on any atom is 0.243 e. The molecular formula is C14H19N5OS. The maximum atomic E-state index is 12.0. The zero-order chi connectivity index (χ0) is 14.7. The van der Waals surface area contributed by atoms with Gasteiger partial charge in [-0.3, -0.25) is 4.79 Å². The number of tetrazole rings is 1. The van der Waals surface area contributed by atoms with Crippen LogP contribution in [0.2, 0.25) is 0 Å². The Hall–Kier alpha value is -1.76. The molecule has 1 amide bonds. The molecule has 1 fully saturated rings. The minimum atomic E-state index is -0.0381. The van der Waals surface area contributed by atoms with E-state index < -0.39 is 0 Å². The molecule has 0 radical (unpaired) electrons. The van der Waals surface area contributed by atoms with Crippen molar-refractivity contribution in [2.75, 3.05) is 0 Å². The Labute approximate surface area is 127 Å². The van der Waals surface area contributed by atoms with Gasteiger partial charge >= 0.3 is 0 Å². The van der Waals surface area contributed by atoms with Crippen LogP contribution in [0.5, 0.6) is 0 Å². The molecule has 6 nitrogen and oxygen atoms in total. The Balaban J connectivity index is 1.53. The van der Waals surface area contributed by atoms with E-state index in [0.717, 1.165) is 24.3 Å². The number of rotatable bonds is 4. The van der Waals surface area contributed by atoms with Gasteiger partial charge in [-0.1, -0.05) is 6.92 Å². The number of nitrogens with zero attached hydrogens (tertiary/aromatic N) is 4. The summed E-state index contributed by atoms with van der Waals surface area (Å²) in [5, 5.41) is 19.1. The number of amides is 1. The minimum absolute atomic E-state index is 0.0381. The van der Waals surface area contributed by atoms with Gasteiger partial charge in [0.25, 0.3) is 0 Å². The smallest absolute Gasteiger partial charge is 0.243 e. The Morgan fingerprint density at radius 1 is 1.43 bits per heavy atom. The van der Waals surface area contributed by atoms with Gasteiger partial charge in [-0.05, 0) is 48.3 Å². The van der Waals surface area contributed by atoms with Crippen molar-refractivity contribution in [1.82, 2.24) is 25.5 Å². The maximum absolute atomic E-state index is 12.0. The standard InChI is InChI=1S/C14H19N5OS/c1-10-2-4-12(5-3-10)15-13(20)8-19-17-14(16-18-19)11-6-7-21-9-11/h6-7,9-10,12H,2-5,8H2,1H3,(H,15,20). The molecule has 0 saturated heterocycles. The number of carbonyl (C=O) groups is 1. The molecular weight excluding hydrogens is 286 g/mol. The summed E-state index contributed by atoms with van der Waals surface area (Å²) < 4.78 is 0. The van der Waals surface area contributed by atoms with E-state index in [-0.39, 0.29) is 12.5 Å². The van der Waals surface area contributed by atoms with Crippen LogP contribution in [0.1, 0.15) is 32.6 Å². The summed E-state index contributed by atoms with van der Waals surface area (Å²) in [7, 11) is 0. The SMILES string of the molecule is CC1CCC(NC(=O)Cn2nnc(-c3ccsc3)n2)CC1. The minimum Gasteiger partial charge on any atom is -0.352 e. The Morgan fingerprint density at radius 3 is 2.95 bits per heavy atom. The third-order valence-corrected chi connectivity index (χ3v) is 4.58. The summed E-state index contributed by atoms with van der Waals surface area (Å²) in [5.74, 6) is 1.31. The fourth-order valence-corrected chi connectivity index (χ4v) is 3.26. The van der Waals surface area contributed by atoms with Crippen molar-refractivity contribution in [3.8, 4) is 11.4 Å². The summed E-state index contributed by atoms with van der Waals surface area (Å²) in [6, 6.07) is 2.24. The molecule has 0 unspecified atom stereocenters. The lowest BCUT2D eigenvalue weighted by Gasteiger charge is -2.26. The molecule has 112 valence electrons. The van der Waals surface area contributed by atoms with Crippen LogP contribution in [-0.2, 0) is 11.3 Å². The van der Waals surface area contributed by atoms with E-state index >= 15 is 0 Å². The van der Waals surface area contributed by atoms with Gasteiger partial charge in [0.1, 0.15) is 6.54 Å². The molecule has 0 atom stereocenters. The van der Waals surface area contributed by atoms with Crippen molar-refractivity contribution in [2.45, 2.75) is 45.2 Å². The Morgan fingerprint density at radius 2 is 2.24 bits per heavy atom. The second kappa shape index (κ2) is 6.34. The molecule has 2 aromatic heterocycles. The van der Waals surface area contributed by atoms with Crippen LogP contribution in [0.3, 0.4) is 0 Å². The van der Waals surface area contributed by atoms with Crippen molar-refractivity contribution in [3.05, 3.63) is 16.8 Å². The van der Waals surface area contributed by atoms with Crippen LogP contribution in [0, 0.1) is 5.92 Å². The molecule has 0 aliphatic heterocycles. The highest BCUT2D eigenvalue weighted by Gasteiger charge is 2.20. The lowest BCUT2D eigenvalue weighted by atomic mass is 9.87. The molecule has 1 saturated carbocycles. The molecule has 2 aromatic rings. The molecule has 0 aromatic carbocycles. The van der Waals surface area contributed by atoms with Crippen LogP contribution in [0.25, 0.3) is 11.4 Å². The van der Waals surface area contributed by atoms with Gasteiger partial charge in [0.15, 0.2) is 0 Å². The number of thiophene rings is 1. The summed E-state index contributed by atoms with van der Waals surface area (Å²) in [4.78, 5) is 13.4. The van der Waals surface area contributed by atoms with Crippen molar-refractivity contribution < 1.29 is 4.79 Å². The zero-order valence-corrected chi connectivity index (χ0v) is 12.8. The fraction of sp³-hybridized carbons (Fsp3) is 0.571. The van der Waals surface area contributed by atoms with Crippen LogP contribution in [-0.4, -0.2) is 32.2 Å². The van der Waals surface area contributed by atoms with Crippen molar-refractivity contribution in [3.63, 3.8) is 0 Å². The predicted octanol–water partition coefficient (Wildman–Crippen LogP) is 2.10. The topological polar surface area (TPSA) is 72.7 Å². The number of nitrogens with one attached hydrogen (secondary N) is 1. The van der Waals surface area contributed by atoms with Gasteiger partial charge in [-0.25, -0.2) is 0 Å². The molecule has 1 aliphatic carbocycles. The van der Waals surface area contributed by atoms with Crippen LogP contribution in [0.4, 0.5) is 0 Å². The molecule has 1 N–H and O–H groups in total. The third kappa shape index (κ3) is 3.66. The molecule has 1 aliphatic rings. The first-order valence-corrected chi connectivity index (χ1v) is 8.25. The first-order valence-electron chi connectivity index (χ1n) is 7.30. The van der Waals surface area contributed by atoms with E-state index in [4.69, 9.17) is 0 Å². The van der Waals surface area contributed by atoms with Gasteiger partial charge < -0.3 is 5.32 Å². The normalized spacial score (nSPS) is 22.1. The van der Waals surface area contributed by atoms with Crippen molar-refractivity contribution in [2.24, 2.45) is 5.92 Å². The van der Waals surface area contributed by atoms with E-state index in [9.17, 15) is 4.79 Å². The lowest BCUT2D eigenvalue weighted by Crippen LogP contribution is -2.39. The summed E-state index contributed by atoms with van der Waals surface area (Å²) >= 11 is 1.58. The third-order valence-electron chi connectivity index (χ3n) is 3.90. The van der Waals surface area contributed by atoms with E-state index in [2.05, 4.69) is 27.7 Å². The zero-order valence-electron chi connectivity index (χ0n) is 12.0. The first-order chi connectivity index (χ1) is 10.2. The Kier molecular flexibility index (Phi) is 4.28. The van der Waals surface area contributed by atoms with Gasteiger partial charge in [0, 0.05) is 17.0 Å². The molecule has 2 heterocycles. The highest BCUT2D eigenvalue weighted by atomic mass is 32.1. The summed E-state index contributed by atoms with van der Waals surface area (Å²) in [5.41, 5.74) is 0.938. The van der Waals surface area contributed by atoms with Crippen LogP contribution < -0.4 is 5.32 Å². The van der Waals surface area contributed by atoms with Gasteiger partial charge in [-0.15, -0.1) is 10.2 Å². The monoisotopic (exact) mass is 305 g/mol. The number of hydrogen-bond acceptors (Lipinski definition) is 5. The fourth-order valence-electron chi connectivity index (χ4n) is 2.62. The number of aromatic nitrogens is 4. The largest absolute Gasteiger partial charge is 0.352 e. The van der Waals surface area contributed by atoms with E-state index in [1.165, 1.54) is 17.6 Å². The molecule has 3 rings (SSSR count). The predicted molar refractivity (Wildman–Crippen MR) is 80.7 cm³/mol.